The van der Waals surface area contributed by atoms with Gasteiger partial charge in [0.1, 0.15) is 11.5 Å². The van der Waals surface area contributed by atoms with Crippen LogP contribution in [-0.2, 0) is 0 Å². The minimum atomic E-state index is -0.0265. The number of likely N-dealkylation sites (N-methyl/N-ethyl adjacent to an activating group) is 1. The first-order chi connectivity index (χ1) is 12.2. The molecule has 0 radical (unpaired) electrons. The summed E-state index contributed by atoms with van der Waals surface area (Å²) >= 11 is 0. The van der Waals surface area contributed by atoms with E-state index in [2.05, 4.69) is 32.2 Å². The Bertz CT molecular complexity index is 864. The van der Waals surface area contributed by atoms with E-state index in [1.165, 1.54) is 0 Å². The van der Waals surface area contributed by atoms with E-state index < -0.39 is 0 Å². The van der Waals surface area contributed by atoms with Gasteiger partial charge < -0.3 is 20.1 Å². The summed E-state index contributed by atoms with van der Waals surface area (Å²) in [6.07, 6.45) is 0. The van der Waals surface area contributed by atoms with Crippen LogP contribution in [0.25, 0.3) is 11.0 Å². The fourth-order valence-corrected chi connectivity index (χ4v) is 2.93. The summed E-state index contributed by atoms with van der Waals surface area (Å²) in [4.78, 5) is 28.8. The second-order valence-corrected chi connectivity index (χ2v) is 6.23. The van der Waals surface area contributed by atoms with Crippen LogP contribution < -0.4 is 5.32 Å². The zero-order valence-electron chi connectivity index (χ0n) is 14.1. The van der Waals surface area contributed by atoms with Crippen molar-refractivity contribution in [2.45, 2.75) is 0 Å². The summed E-state index contributed by atoms with van der Waals surface area (Å²) in [6, 6.07) is 13.2. The maximum Gasteiger partial charge on any atom is 0.272 e. The first-order valence-corrected chi connectivity index (χ1v) is 8.36. The number of para-hydroxylation sites is 2. The summed E-state index contributed by atoms with van der Waals surface area (Å²) in [5.41, 5.74) is 2.29. The van der Waals surface area contributed by atoms with Gasteiger partial charge in [0.05, 0.1) is 11.0 Å². The van der Waals surface area contributed by atoms with Crippen molar-refractivity contribution in [3.8, 4) is 0 Å². The zero-order valence-corrected chi connectivity index (χ0v) is 14.1. The first kappa shape index (κ1) is 15.6. The number of aromatic amines is 1. The van der Waals surface area contributed by atoms with Crippen LogP contribution in [0.2, 0.25) is 0 Å². The molecule has 0 bridgehead atoms. The summed E-state index contributed by atoms with van der Waals surface area (Å²) in [6.45, 7) is 3.25. The molecule has 2 aromatic heterocycles. The molecule has 7 heteroatoms. The molecule has 0 aliphatic carbocycles. The van der Waals surface area contributed by atoms with Crippen LogP contribution >= 0.6 is 0 Å². The number of anilines is 2. The van der Waals surface area contributed by atoms with Crippen molar-refractivity contribution < 1.29 is 4.79 Å². The second-order valence-electron chi connectivity index (χ2n) is 6.23. The first-order valence-electron chi connectivity index (χ1n) is 8.36. The monoisotopic (exact) mass is 336 g/mol. The van der Waals surface area contributed by atoms with Gasteiger partial charge in [-0.05, 0) is 31.3 Å². The quantitative estimate of drug-likeness (QED) is 0.766. The van der Waals surface area contributed by atoms with E-state index in [1.807, 2.05) is 41.3 Å². The van der Waals surface area contributed by atoms with Crippen molar-refractivity contribution in [1.29, 1.82) is 0 Å². The lowest BCUT2D eigenvalue weighted by atomic mass is 10.2. The number of carbonyl (C=O) groups excluding carboxylic acids is 1. The van der Waals surface area contributed by atoms with E-state index in [-0.39, 0.29) is 5.91 Å². The van der Waals surface area contributed by atoms with Crippen LogP contribution in [0.15, 0.2) is 42.5 Å². The number of imidazole rings is 1. The SMILES string of the molecule is CN1CCN(C(=O)c2cccc(Nc3nc4ccccc4[nH]3)n2)CC1. The molecule has 0 unspecified atom stereocenters. The van der Waals surface area contributed by atoms with Crippen LogP contribution in [0, 0.1) is 0 Å². The number of hydrogen-bond donors (Lipinski definition) is 2. The van der Waals surface area contributed by atoms with Crippen molar-refractivity contribution in [2.24, 2.45) is 0 Å². The summed E-state index contributed by atoms with van der Waals surface area (Å²) < 4.78 is 0. The van der Waals surface area contributed by atoms with Gasteiger partial charge in [0.2, 0.25) is 5.95 Å². The third-order valence-corrected chi connectivity index (χ3v) is 4.39. The molecule has 3 aromatic rings. The Morgan fingerprint density at radius 1 is 1.04 bits per heavy atom. The minimum Gasteiger partial charge on any atom is -0.335 e. The predicted octanol–water partition coefficient (Wildman–Crippen LogP) is 2.09. The highest BCUT2D eigenvalue weighted by Crippen LogP contribution is 2.17. The van der Waals surface area contributed by atoms with Gasteiger partial charge in [-0.1, -0.05) is 18.2 Å². The summed E-state index contributed by atoms with van der Waals surface area (Å²) in [5, 5.41) is 3.14. The number of carbonyl (C=O) groups is 1. The van der Waals surface area contributed by atoms with Gasteiger partial charge in [0, 0.05) is 26.2 Å². The number of H-pyrrole nitrogens is 1. The van der Waals surface area contributed by atoms with Gasteiger partial charge in [-0.25, -0.2) is 9.97 Å². The molecule has 0 spiro atoms. The molecule has 1 aliphatic heterocycles. The molecular formula is C18H20N6O. The highest BCUT2D eigenvalue weighted by atomic mass is 16.2. The fourth-order valence-electron chi connectivity index (χ4n) is 2.93. The molecule has 0 atom stereocenters. The number of nitrogens with zero attached hydrogens (tertiary/aromatic N) is 4. The van der Waals surface area contributed by atoms with Crippen LogP contribution in [-0.4, -0.2) is 63.9 Å². The lowest BCUT2D eigenvalue weighted by Crippen LogP contribution is -2.47. The van der Waals surface area contributed by atoms with E-state index in [1.54, 1.807) is 6.07 Å². The summed E-state index contributed by atoms with van der Waals surface area (Å²) in [7, 11) is 2.07. The largest absolute Gasteiger partial charge is 0.335 e. The Balaban J connectivity index is 1.51. The van der Waals surface area contributed by atoms with Crippen molar-refractivity contribution in [3.63, 3.8) is 0 Å². The van der Waals surface area contributed by atoms with Gasteiger partial charge >= 0.3 is 0 Å². The number of benzene rings is 1. The van der Waals surface area contributed by atoms with Crippen molar-refractivity contribution in [3.05, 3.63) is 48.2 Å². The number of amides is 1. The van der Waals surface area contributed by atoms with Gasteiger partial charge in [-0.15, -0.1) is 0 Å². The molecular weight excluding hydrogens is 316 g/mol. The van der Waals surface area contributed by atoms with Crippen LogP contribution in [0.3, 0.4) is 0 Å². The number of pyridine rings is 1. The molecule has 4 rings (SSSR count). The average Bonchev–Trinajstić information content (AvgIpc) is 3.04. The molecule has 25 heavy (non-hydrogen) atoms. The van der Waals surface area contributed by atoms with E-state index in [0.29, 0.717) is 17.5 Å². The predicted molar refractivity (Wildman–Crippen MR) is 97.0 cm³/mol. The second kappa shape index (κ2) is 6.52. The van der Waals surface area contributed by atoms with Crippen LogP contribution in [0.4, 0.5) is 11.8 Å². The van der Waals surface area contributed by atoms with Gasteiger partial charge in [0.15, 0.2) is 0 Å². The molecule has 7 nitrogen and oxygen atoms in total. The highest BCUT2D eigenvalue weighted by Gasteiger charge is 2.21. The summed E-state index contributed by atoms with van der Waals surface area (Å²) in [5.74, 6) is 1.18. The Morgan fingerprint density at radius 2 is 1.84 bits per heavy atom. The van der Waals surface area contributed by atoms with E-state index >= 15 is 0 Å². The van der Waals surface area contributed by atoms with Crippen molar-refractivity contribution in [1.82, 2.24) is 24.8 Å². The lowest BCUT2D eigenvalue weighted by molar-refractivity contribution is 0.0658. The fraction of sp³-hybridized carbons (Fsp3) is 0.278. The van der Waals surface area contributed by atoms with E-state index in [9.17, 15) is 4.79 Å². The number of hydrogen-bond acceptors (Lipinski definition) is 5. The molecule has 3 heterocycles. The highest BCUT2D eigenvalue weighted by molar-refractivity contribution is 5.92. The Morgan fingerprint density at radius 3 is 2.64 bits per heavy atom. The lowest BCUT2D eigenvalue weighted by Gasteiger charge is -2.32. The maximum atomic E-state index is 12.6. The third-order valence-electron chi connectivity index (χ3n) is 4.39. The number of aromatic nitrogens is 3. The smallest absolute Gasteiger partial charge is 0.272 e. The van der Waals surface area contributed by atoms with Crippen molar-refractivity contribution in [2.75, 3.05) is 38.5 Å². The number of fused-ring (bicyclic) bond motifs is 1. The maximum absolute atomic E-state index is 12.6. The average molecular weight is 336 g/mol. The molecule has 2 N–H and O–H groups in total. The normalized spacial score (nSPS) is 15.5. The molecule has 0 saturated carbocycles. The molecule has 128 valence electrons. The van der Waals surface area contributed by atoms with Crippen molar-refractivity contribution >= 4 is 28.7 Å². The third kappa shape index (κ3) is 3.32. The van der Waals surface area contributed by atoms with E-state index in [4.69, 9.17) is 0 Å². The Hall–Kier alpha value is -2.93. The number of nitrogens with one attached hydrogen (secondary N) is 2. The topological polar surface area (TPSA) is 77.1 Å². The molecule has 1 saturated heterocycles. The Kier molecular flexibility index (Phi) is 4.07. The molecule has 1 aromatic carbocycles. The van der Waals surface area contributed by atoms with Gasteiger partial charge in [-0.2, -0.15) is 0 Å². The molecule has 1 fully saturated rings. The standard InChI is InChI=1S/C18H20N6O/c1-23-9-11-24(12-10-23)17(25)15-7-4-8-16(19-15)22-18-20-13-5-2-3-6-14(13)21-18/h2-8H,9-12H2,1H3,(H2,19,20,21,22). The minimum absolute atomic E-state index is 0.0265. The van der Waals surface area contributed by atoms with Crippen LogP contribution in [0.1, 0.15) is 10.5 Å². The zero-order chi connectivity index (χ0) is 17.2. The molecule has 1 amide bonds. The van der Waals surface area contributed by atoms with Gasteiger partial charge in [0.25, 0.3) is 5.91 Å². The number of piperazine rings is 1. The van der Waals surface area contributed by atoms with Gasteiger partial charge in [-0.3, -0.25) is 4.79 Å². The Labute approximate surface area is 145 Å². The molecule has 1 aliphatic rings. The van der Waals surface area contributed by atoms with E-state index in [0.717, 1.165) is 37.2 Å². The van der Waals surface area contributed by atoms with Crippen LogP contribution in [0.5, 0.6) is 0 Å². The number of rotatable bonds is 3.